The van der Waals surface area contributed by atoms with E-state index in [0.717, 1.165) is 23.1 Å². The molecule has 7 nitrogen and oxygen atoms in total. The Morgan fingerprint density at radius 3 is 2.66 bits per heavy atom. The van der Waals surface area contributed by atoms with Crippen molar-refractivity contribution in [3.05, 3.63) is 56.8 Å². The van der Waals surface area contributed by atoms with Crippen LogP contribution in [-0.4, -0.2) is 49.5 Å². The number of fused-ring (bicyclic) bond motifs is 1. The lowest BCUT2D eigenvalue weighted by Gasteiger charge is -2.30. The molecule has 0 saturated carbocycles. The van der Waals surface area contributed by atoms with E-state index in [0.29, 0.717) is 59.2 Å². The highest BCUT2D eigenvalue weighted by Gasteiger charge is 2.28. The van der Waals surface area contributed by atoms with Crippen LogP contribution in [0.4, 0.5) is 0 Å². The van der Waals surface area contributed by atoms with Crippen molar-refractivity contribution >= 4 is 60.7 Å². The van der Waals surface area contributed by atoms with Gasteiger partial charge in [-0.05, 0) is 62.1 Å². The third-order valence-electron chi connectivity index (χ3n) is 5.91. The van der Waals surface area contributed by atoms with Crippen LogP contribution >= 0.6 is 34.5 Å². The van der Waals surface area contributed by atoms with Gasteiger partial charge < -0.3 is 9.30 Å². The zero-order chi connectivity index (χ0) is 25.2. The van der Waals surface area contributed by atoms with E-state index in [9.17, 15) is 13.2 Å². The van der Waals surface area contributed by atoms with Crippen molar-refractivity contribution in [3.63, 3.8) is 0 Å². The summed E-state index contributed by atoms with van der Waals surface area (Å²) in [7, 11) is -3.59. The summed E-state index contributed by atoms with van der Waals surface area (Å²) in [5.74, 6) is -0.142. The highest BCUT2D eigenvalue weighted by atomic mass is 35.5. The Kier molecular flexibility index (Phi) is 8.35. The van der Waals surface area contributed by atoms with Gasteiger partial charge in [-0.25, -0.2) is 8.42 Å². The van der Waals surface area contributed by atoms with Crippen LogP contribution in [0.15, 0.2) is 46.3 Å². The molecule has 188 valence electrons. The minimum atomic E-state index is -3.59. The average Bonchev–Trinajstić information content (AvgIpc) is 3.16. The molecule has 4 rings (SSSR count). The standard InChI is InChI=1S/C24H27Cl2N3O4S2/c1-3-33-12-11-29-22-20(26)13-18(25)14-21(22)34-24(29)27-23(30)17-6-8-19(9-7-17)35(31,32)28-10-4-5-16(2)15-28/h6-9,13-14,16H,3-5,10-12,15H2,1-2H3. The second kappa shape index (κ2) is 11.1. The Labute approximate surface area is 219 Å². The normalized spacial score (nSPS) is 17.8. The second-order valence-electron chi connectivity index (χ2n) is 8.52. The first kappa shape index (κ1) is 26.3. The van der Waals surface area contributed by atoms with Gasteiger partial charge >= 0.3 is 0 Å². The summed E-state index contributed by atoms with van der Waals surface area (Å²) >= 11 is 13.9. The molecule has 1 aliphatic heterocycles. The number of piperidine rings is 1. The average molecular weight is 557 g/mol. The lowest BCUT2D eigenvalue weighted by atomic mass is 10.0. The predicted molar refractivity (Wildman–Crippen MR) is 140 cm³/mol. The minimum Gasteiger partial charge on any atom is -0.380 e. The van der Waals surface area contributed by atoms with Crippen molar-refractivity contribution in [1.82, 2.24) is 8.87 Å². The topological polar surface area (TPSA) is 81.0 Å². The van der Waals surface area contributed by atoms with E-state index in [1.165, 1.54) is 39.9 Å². The van der Waals surface area contributed by atoms with Crippen molar-refractivity contribution in [3.8, 4) is 0 Å². The summed E-state index contributed by atoms with van der Waals surface area (Å²) in [5.41, 5.74) is 1.04. The molecule has 2 heterocycles. The van der Waals surface area contributed by atoms with Gasteiger partial charge in [-0.3, -0.25) is 4.79 Å². The molecule has 0 bridgehead atoms. The zero-order valence-electron chi connectivity index (χ0n) is 19.5. The number of carbonyl (C=O) groups is 1. The number of thiazole rings is 1. The van der Waals surface area contributed by atoms with Gasteiger partial charge in [0.15, 0.2) is 4.80 Å². The molecule has 3 aromatic rings. The predicted octanol–water partition coefficient (Wildman–Crippen LogP) is 5.21. The van der Waals surface area contributed by atoms with E-state index in [2.05, 4.69) is 11.9 Å². The molecule has 2 aromatic carbocycles. The molecular weight excluding hydrogens is 529 g/mol. The number of halogens is 2. The summed E-state index contributed by atoms with van der Waals surface area (Å²) in [4.78, 5) is 18.0. The highest BCUT2D eigenvalue weighted by molar-refractivity contribution is 7.89. The molecule has 11 heteroatoms. The van der Waals surface area contributed by atoms with Gasteiger partial charge in [0, 0.05) is 36.8 Å². The molecule has 1 saturated heterocycles. The Bertz CT molecular complexity index is 1400. The minimum absolute atomic E-state index is 0.179. The van der Waals surface area contributed by atoms with Gasteiger partial charge in [0.05, 0.1) is 26.7 Å². The third kappa shape index (κ3) is 5.81. The zero-order valence-corrected chi connectivity index (χ0v) is 22.7. The van der Waals surface area contributed by atoms with Crippen molar-refractivity contribution in [2.24, 2.45) is 10.9 Å². The smallest absolute Gasteiger partial charge is 0.279 e. The van der Waals surface area contributed by atoms with Crippen LogP contribution in [0.25, 0.3) is 10.2 Å². The first-order chi connectivity index (χ1) is 16.7. The summed E-state index contributed by atoms with van der Waals surface area (Å²) < 4.78 is 35.7. The third-order valence-corrected chi connectivity index (χ3v) is 9.33. The second-order valence-corrected chi connectivity index (χ2v) is 12.3. The quantitative estimate of drug-likeness (QED) is 0.375. The molecule has 0 aliphatic carbocycles. The largest absolute Gasteiger partial charge is 0.380 e. The monoisotopic (exact) mass is 555 g/mol. The maximum absolute atomic E-state index is 13.0. The van der Waals surface area contributed by atoms with E-state index in [1.54, 1.807) is 12.1 Å². The molecule has 1 unspecified atom stereocenters. The van der Waals surface area contributed by atoms with Crippen LogP contribution in [0.5, 0.6) is 0 Å². The van der Waals surface area contributed by atoms with Gasteiger partial charge in [-0.15, -0.1) is 0 Å². The van der Waals surface area contributed by atoms with Crippen molar-refractivity contribution in [2.45, 2.75) is 38.1 Å². The molecular formula is C24H27Cl2N3O4S2. The number of sulfonamides is 1. The van der Waals surface area contributed by atoms with E-state index < -0.39 is 15.9 Å². The Morgan fingerprint density at radius 1 is 1.23 bits per heavy atom. The van der Waals surface area contributed by atoms with Crippen LogP contribution in [0.1, 0.15) is 37.0 Å². The molecule has 0 N–H and O–H groups in total. The Hall–Kier alpha value is -1.75. The number of nitrogens with zero attached hydrogens (tertiary/aromatic N) is 3. The summed E-state index contributed by atoms with van der Waals surface area (Å²) in [6.45, 7) is 6.46. The van der Waals surface area contributed by atoms with E-state index >= 15 is 0 Å². The molecule has 0 radical (unpaired) electrons. The first-order valence-corrected chi connectivity index (χ1v) is 14.5. The molecule has 1 amide bonds. The molecule has 1 aliphatic rings. The number of hydrogen-bond acceptors (Lipinski definition) is 5. The fourth-order valence-corrected chi connectivity index (χ4v) is 7.59. The lowest BCUT2D eigenvalue weighted by molar-refractivity contribution is 0.0996. The van der Waals surface area contributed by atoms with Crippen LogP contribution < -0.4 is 4.80 Å². The number of hydrogen-bond donors (Lipinski definition) is 0. The highest BCUT2D eigenvalue weighted by Crippen LogP contribution is 2.30. The van der Waals surface area contributed by atoms with E-state index in [-0.39, 0.29) is 4.90 Å². The first-order valence-electron chi connectivity index (χ1n) is 11.5. The molecule has 35 heavy (non-hydrogen) atoms. The number of amides is 1. The molecule has 0 spiro atoms. The van der Waals surface area contributed by atoms with Gasteiger partial charge in [0.25, 0.3) is 5.91 Å². The molecule has 1 fully saturated rings. The van der Waals surface area contributed by atoms with Crippen molar-refractivity contribution in [1.29, 1.82) is 0 Å². The summed E-state index contributed by atoms with van der Waals surface area (Å²) in [6, 6.07) is 9.41. The Balaban J connectivity index is 1.65. The SMILES string of the molecule is CCOCCn1c(=NC(=O)c2ccc(S(=O)(=O)N3CCCC(C)C3)cc2)sc2cc(Cl)cc(Cl)c21. The molecule has 1 aromatic heterocycles. The number of ether oxygens (including phenoxy) is 1. The van der Waals surface area contributed by atoms with Crippen LogP contribution in [0, 0.1) is 5.92 Å². The van der Waals surface area contributed by atoms with Crippen LogP contribution in [0.2, 0.25) is 10.0 Å². The van der Waals surface area contributed by atoms with Crippen LogP contribution in [-0.2, 0) is 21.3 Å². The summed E-state index contributed by atoms with van der Waals surface area (Å²) in [6.07, 6.45) is 1.88. The summed E-state index contributed by atoms with van der Waals surface area (Å²) in [5, 5.41) is 0.967. The van der Waals surface area contributed by atoms with Gasteiger partial charge in [-0.1, -0.05) is 41.5 Å². The molecule has 1 atom stereocenters. The fraction of sp³-hybridized carbons (Fsp3) is 0.417. The van der Waals surface area contributed by atoms with Crippen molar-refractivity contribution < 1.29 is 17.9 Å². The van der Waals surface area contributed by atoms with Gasteiger partial charge in [0.2, 0.25) is 10.0 Å². The lowest BCUT2D eigenvalue weighted by Crippen LogP contribution is -2.39. The van der Waals surface area contributed by atoms with Gasteiger partial charge in [-0.2, -0.15) is 9.30 Å². The van der Waals surface area contributed by atoms with Crippen LogP contribution in [0.3, 0.4) is 0 Å². The Morgan fingerprint density at radius 2 is 1.97 bits per heavy atom. The fourth-order valence-electron chi connectivity index (χ4n) is 4.16. The maximum Gasteiger partial charge on any atom is 0.279 e. The number of aromatic nitrogens is 1. The van der Waals surface area contributed by atoms with Gasteiger partial charge in [0.1, 0.15) is 0 Å². The van der Waals surface area contributed by atoms with Crippen molar-refractivity contribution in [2.75, 3.05) is 26.3 Å². The maximum atomic E-state index is 13.0. The van der Waals surface area contributed by atoms with E-state index in [4.69, 9.17) is 27.9 Å². The number of carbonyl (C=O) groups excluding carboxylic acids is 1. The number of rotatable bonds is 7. The van der Waals surface area contributed by atoms with E-state index in [1.807, 2.05) is 11.5 Å². The number of benzene rings is 2.